The lowest BCUT2D eigenvalue weighted by molar-refractivity contribution is -0.115. The van der Waals surface area contributed by atoms with Crippen LogP contribution in [-0.2, 0) is 9.53 Å². The number of rotatable bonds is 7. The van der Waals surface area contributed by atoms with Gasteiger partial charge in [-0.05, 0) is 43.7 Å². The van der Waals surface area contributed by atoms with Gasteiger partial charge in [0.2, 0.25) is 5.91 Å². The molecule has 0 radical (unpaired) electrons. The van der Waals surface area contributed by atoms with Crippen molar-refractivity contribution in [2.24, 2.45) is 0 Å². The molecule has 1 atom stereocenters. The minimum atomic E-state index is -0.460. The van der Waals surface area contributed by atoms with E-state index in [1.807, 2.05) is 25.1 Å². The molecule has 0 fully saturated rings. The Labute approximate surface area is 152 Å². The van der Waals surface area contributed by atoms with E-state index in [4.69, 9.17) is 16.3 Å². The molecular formula is C19H21ClN2O3. The first-order valence-corrected chi connectivity index (χ1v) is 8.44. The van der Waals surface area contributed by atoms with Crippen molar-refractivity contribution in [1.29, 1.82) is 0 Å². The highest BCUT2D eigenvalue weighted by Crippen LogP contribution is 2.18. The number of hydrogen-bond acceptors (Lipinski definition) is 4. The summed E-state index contributed by atoms with van der Waals surface area (Å²) in [5.41, 5.74) is 1.76. The summed E-state index contributed by atoms with van der Waals surface area (Å²) in [5, 5.41) is 6.52. The predicted molar refractivity (Wildman–Crippen MR) is 98.9 cm³/mol. The number of amides is 1. The molecule has 0 aliphatic rings. The molecule has 132 valence electrons. The maximum absolute atomic E-state index is 12.2. The van der Waals surface area contributed by atoms with E-state index in [-0.39, 0.29) is 25.1 Å². The minimum absolute atomic E-state index is 0.0373. The first-order chi connectivity index (χ1) is 12.0. The quantitative estimate of drug-likeness (QED) is 0.737. The molecule has 2 N–H and O–H groups in total. The number of nitrogens with one attached hydrogen (secondary N) is 2. The Morgan fingerprint density at radius 3 is 2.64 bits per heavy atom. The van der Waals surface area contributed by atoms with Gasteiger partial charge in [-0.15, -0.1) is 0 Å². The molecule has 6 heteroatoms. The second-order valence-electron chi connectivity index (χ2n) is 5.47. The number of anilines is 1. The van der Waals surface area contributed by atoms with Gasteiger partial charge in [-0.25, -0.2) is 4.79 Å². The van der Waals surface area contributed by atoms with E-state index in [1.54, 1.807) is 37.3 Å². The summed E-state index contributed by atoms with van der Waals surface area (Å²) in [4.78, 5) is 24.1. The zero-order valence-electron chi connectivity index (χ0n) is 14.2. The van der Waals surface area contributed by atoms with Crippen molar-refractivity contribution in [3.63, 3.8) is 0 Å². The van der Waals surface area contributed by atoms with Crippen LogP contribution < -0.4 is 10.6 Å². The molecule has 0 aromatic heterocycles. The average molecular weight is 361 g/mol. The lowest BCUT2D eigenvalue weighted by Crippen LogP contribution is -2.30. The van der Waals surface area contributed by atoms with Gasteiger partial charge in [-0.3, -0.25) is 4.79 Å². The number of benzene rings is 2. The van der Waals surface area contributed by atoms with Gasteiger partial charge < -0.3 is 15.4 Å². The van der Waals surface area contributed by atoms with Crippen LogP contribution in [0.25, 0.3) is 0 Å². The Hall–Kier alpha value is -2.37. The molecular weight excluding hydrogens is 340 g/mol. The Balaban J connectivity index is 1.95. The van der Waals surface area contributed by atoms with Crippen molar-refractivity contribution in [3.05, 3.63) is 64.7 Å². The molecule has 0 unspecified atom stereocenters. The second kappa shape index (κ2) is 9.20. The zero-order valence-corrected chi connectivity index (χ0v) is 15.0. The van der Waals surface area contributed by atoms with Crippen LogP contribution in [0, 0.1) is 0 Å². The number of ether oxygens (including phenoxy) is 1. The summed E-state index contributed by atoms with van der Waals surface area (Å²) in [6.45, 7) is 4.07. The largest absolute Gasteiger partial charge is 0.462 e. The van der Waals surface area contributed by atoms with Crippen LogP contribution >= 0.6 is 11.6 Å². The van der Waals surface area contributed by atoms with E-state index < -0.39 is 5.97 Å². The van der Waals surface area contributed by atoms with Crippen molar-refractivity contribution >= 4 is 29.2 Å². The third-order valence-corrected chi connectivity index (χ3v) is 3.85. The molecule has 0 bridgehead atoms. The van der Waals surface area contributed by atoms with Crippen LogP contribution in [0.3, 0.4) is 0 Å². The molecule has 0 saturated carbocycles. The van der Waals surface area contributed by atoms with Crippen LogP contribution in [0.15, 0.2) is 48.5 Å². The Morgan fingerprint density at radius 2 is 1.92 bits per heavy atom. The van der Waals surface area contributed by atoms with Crippen LogP contribution in [-0.4, -0.2) is 25.0 Å². The molecule has 1 amide bonds. The van der Waals surface area contributed by atoms with Gasteiger partial charge in [0.1, 0.15) is 0 Å². The van der Waals surface area contributed by atoms with Crippen LogP contribution in [0.2, 0.25) is 5.02 Å². The molecule has 25 heavy (non-hydrogen) atoms. The first-order valence-electron chi connectivity index (χ1n) is 8.06. The maximum atomic E-state index is 12.2. The molecule has 0 aliphatic carbocycles. The Kier molecular flexibility index (Phi) is 6.98. The van der Waals surface area contributed by atoms with Gasteiger partial charge in [0, 0.05) is 11.1 Å². The Bertz CT molecular complexity index is 749. The first kappa shape index (κ1) is 19.0. The van der Waals surface area contributed by atoms with Gasteiger partial charge >= 0.3 is 5.97 Å². The number of para-hydroxylation sites is 1. The van der Waals surface area contributed by atoms with Gasteiger partial charge in [-0.1, -0.05) is 35.9 Å². The highest BCUT2D eigenvalue weighted by molar-refractivity contribution is 6.30. The highest BCUT2D eigenvalue weighted by atomic mass is 35.5. The van der Waals surface area contributed by atoms with Gasteiger partial charge in [0.05, 0.1) is 24.4 Å². The zero-order chi connectivity index (χ0) is 18.2. The molecule has 0 aliphatic heterocycles. The summed E-state index contributed by atoms with van der Waals surface area (Å²) in [6, 6.07) is 14.2. The third-order valence-electron chi connectivity index (χ3n) is 3.61. The highest BCUT2D eigenvalue weighted by Gasteiger charge is 2.14. The van der Waals surface area contributed by atoms with Crippen molar-refractivity contribution < 1.29 is 14.3 Å². The van der Waals surface area contributed by atoms with Gasteiger partial charge in [0.25, 0.3) is 0 Å². The smallest absolute Gasteiger partial charge is 0.340 e. The number of halogens is 1. The third kappa shape index (κ3) is 5.59. The average Bonchev–Trinajstić information content (AvgIpc) is 2.60. The molecule has 0 spiro atoms. The summed E-state index contributed by atoms with van der Waals surface area (Å²) >= 11 is 5.98. The molecule has 2 aromatic carbocycles. The molecule has 2 rings (SSSR count). The van der Waals surface area contributed by atoms with Crippen molar-refractivity contribution in [2.45, 2.75) is 19.9 Å². The number of hydrogen-bond donors (Lipinski definition) is 2. The maximum Gasteiger partial charge on any atom is 0.340 e. The van der Waals surface area contributed by atoms with Gasteiger partial charge in [0.15, 0.2) is 0 Å². The lowest BCUT2D eigenvalue weighted by Gasteiger charge is -2.15. The van der Waals surface area contributed by atoms with E-state index in [0.717, 1.165) is 5.56 Å². The lowest BCUT2D eigenvalue weighted by atomic mass is 10.1. The van der Waals surface area contributed by atoms with Gasteiger partial charge in [-0.2, -0.15) is 0 Å². The molecule has 5 nitrogen and oxygen atoms in total. The monoisotopic (exact) mass is 360 g/mol. The molecule has 0 saturated heterocycles. The fourth-order valence-electron chi connectivity index (χ4n) is 2.31. The summed E-state index contributed by atoms with van der Waals surface area (Å²) in [6.07, 6.45) is 0. The fraction of sp³-hybridized carbons (Fsp3) is 0.263. The van der Waals surface area contributed by atoms with Crippen LogP contribution in [0.5, 0.6) is 0 Å². The summed E-state index contributed by atoms with van der Waals surface area (Å²) < 4.78 is 5.00. The predicted octanol–water partition coefficient (Wildman–Crippen LogP) is 3.81. The topological polar surface area (TPSA) is 67.4 Å². The number of esters is 1. The van der Waals surface area contributed by atoms with Crippen LogP contribution in [0.1, 0.15) is 35.8 Å². The van der Waals surface area contributed by atoms with E-state index in [1.165, 1.54) is 0 Å². The number of carbonyl (C=O) groups excluding carboxylic acids is 2. The summed E-state index contributed by atoms with van der Waals surface area (Å²) in [5.74, 6) is -0.704. The van der Waals surface area contributed by atoms with E-state index >= 15 is 0 Å². The van der Waals surface area contributed by atoms with Crippen molar-refractivity contribution in [1.82, 2.24) is 5.32 Å². The van der Waals surface area contributed by atoms with E-state index in [2.05, 4.69) is 10.6 Å². The SMILES string of the molecule is CCOC(=O)c1ccccc1NC(=O)CN[C@H](C)c1cccc(Cl)c1. The molecule has 0 heterocycles. The van der Waals surface area contributed by atoms with Crippen molar-refractivity contribution in [3.8, 4) is 0 Å². The minimum Gasteiger partial charge on any atom is -0.462 e. The summed E-state index contributed by atoms with van der Waals surface area (Å²) in [7, 11) is 0. The van der Waals surface area contributed by atoms with E-state index in [0.29, 0.717) is 16.3 Å². The van der Waals surface area contributed by atoms with Crippen LogP contribution in [0.4, 0.5) is 5.69 Å². The second-order valence-corrected chi connectivity index (χ2v) is 5.91. The standard InChI is InChI=1S/C19H21ClN2O3/c1-3-25-19(24)16-9-4-5-10-17(16)22-18(23)12-21-13(2)14-7-6-8-15(20)11-14/h4-11,13,21H,3,12H2,1-2H3,(H,22,23)/t13-/m1/s1. The normalized spacial score (nSPS) is 11.6. The van der Waals surface area contributed by atoms with E-state index in [9.17, 15) is 9.59 Å². The number of carbonyl (C=O) groups is 2. The Morgan fingerprint density at radius 1 is 1.16 bits per heavy atom. The molecule has 2 aromatic rings. The fourth-order valence-corrected chi connectivity index (χ4v) is 2.51. The van der Waals surface area contributed by atoms with Crippen molar-refractivity contribution in [2.75, 3.05) is 18.5 Å².